The van der Waals surface area contributed by atoms with Gasteiger partial charge in [0.05, 0.1) is 17.2 Å². The number of aryl methyl sites for hydroxylation is 2. The van der Waals surface area contributed by atoms with Gasteiger partial charge in [-0.2, -0.15) is 5.10 Å². The molecular formula is C14H17N3O4. The first-order valence-corrected chi connectivity index (χ1v) is 6.52. The lowest BCUT2D eigenvalue weighted by Gasteiger charge is -2.13. The van der Waals surface area contributed by atoms with Gasteiger partial charge in [0.2, 0.25) is 0 Å². The van der Waals surface area contributed by atoms with Crippen molar-refractivity contribution in [2.75, 3.05) is 6.61 Å². The fourth-order valence-electron chi connectivity index (χ4n) is 1.97. The lowest BCUT2D eigenvalue weighted by atomic mass is 10.3. The third-order valence-corrected chi connectivity index (χ3v) is 2.98. The van der Waals surface area contributed by atoms with Gasteiger partial charge in [-0.15, -0.1) is 0 Å². The zero-order valence-electron chi connectivity index (χ0n) is 11.9. The fraction of sp³-hybridized carbons (Fsp3) is 0.357. The Morgan fingerprint density at radius 3 is 2.57 bits per heavy atom. The van der Waals surface area contributed by atoms with Crippen LogP contribution in [0.1, 0.15) is 11.4 Å². The maximum atomic E-state index is 10.5. The molecule has 7 nitrogen and oxygen atoms in total. The van der Waals surface area contributed by atoms with Crippen LogP contribution >= 0.6 is 0 Å². The summed E-state index contributed by atoms with van der Waals surface area (Å²) in [7, 11) is 0. The summed E-state index contributed by atoms with van der Waals surface area (Å²) in [5.74, 6) is 0.480. The van der Waals surface area contributed by atoms with Gasteiger partial charge in [0.1, 0.15) is 18.5 Å². The molecule has 0 aliphatic rings. The zero-order chi connectivity index (χ0) is 15.4. The predicted octanol–water partition coefficient (Wildman–Crippen LogP) is 1.85. The molecule has 1 N–H and O–H groups in total. The van der Waals surface area contributed by atoms with Crippen molar-refractivity contribution < 1.29 is 14.8 Å². The fourth-order valence-corrected chi connectivity index (χ4v) is 1.97. The van der Waals surface area contributed by atoms with Crippen molar-refractivity contribution in [2.45, 2.75) is 26.5 Å². The van der Waals surface area contributed by atoms with Gasteiger partial charge in [-0.25, -0.2) is 0 Å². The van der Waals surface area contributed by atoms with Gasteiger partial charge >= 0.3 is 0 Å². The van der Waals surface area contributed by atoms with E-state index in [0.29, 0.717) is 12.3 Å². The van der Waals surface area contributed by atoms with Gasteiger partial charge in [-0.3, -0.25) is 14.8 Å². The van der Waals surface area contributed by atoms with E-state index in [0.717, 1.165) is 11.4 Å². The third-order valence-electron chi connectivity index (χ3n) is 2.98. The normalized spacial score (nSPS) is 12.1. The van der Waals surface area contributed by atoms with E-state index in [1.54, 1.807) is 4.68 Å². The number of aliphatic hydroxyl groups excluding tert-OH is 1. The summed E-state index contributed by atoms with van der Waals surface area (Å²) in [6.07, 6.45) is -0.710. The van der Waals surface area contributed by atoms with E-state index in [4.69, 9.17) is 4.74 Å². The molecule has 0 fully saturated rings. The number of nitro benzene ring substituents is 1. The lowest BCUT2D eigenvalue weighted by Crippen LogP contribution is -2.24. The van der Waals surface area contributed by atoms with Gasteiger partial charge < -0.3 is 9.84 Å². The van der Waals surface area contributed by atoms with E-state index in [1.165, 1.54) is 24.3 Å². The molecule has 2 aromatic rings. The Labute approximate surface area is 121 Å². The van der Waals surface area contributed by atoms with Gasteiger partial charge in [0.25, 0.3) is 5.69 Å². The average molecular weight is 291 g/mol. The van der Waals surface area contributed by atoms with E-state index < -0.39 is 11.0 Å². The number of hydrogen-bond donors (Lipinski definition) is 1. The Bertz CT molecular complexity index is 622. The van der Waals surface area contributed by atoms with E-state index >= 15 is 0 Å². The van der Waals surface area contributed by atoms with Gasteiger partial charge in [-0.05, 0) is 32.0 Å². The van der Waals surface area contributed by atoms with Gasteiger partial charge in [0.15, 0.2) is 0 Å². The first-order chi connectivity index (χ1) is 9.95. The number of benzene rings is 1. The monoisotopic (exact) mass is 291 g/mol. The van der Waals surface area contributed by atoms with Crippen LogP contribution < -0.4 is 4.74 Å². The molecule has 1 atom stereocenters. The van der Waals surface area contributed by atoms with Crippen LogP contribution in [-0.2, 0) is 6.54 Å². The second kappa shape index (κ2) is 6.36. The van der Waals surface area contributed by atoms with Crippen LogP contribution in [0.4, 0.5) is 5.69 Å². The van der Waals surface area contributed by atoms with Crippen LogP contribution in [0.25, 0.3) is 0 Å². The molecule has 0 saturated carbocycles. The maximum absolute atomic E-state index is 10.5. The summed E-state index contributed by atoms with van der Waals surface area (Å²) >= 11 is 0. The first-order valence-electron chi connectivity index (χ1n) is 6.52. The minimum Gasteiger partial charge on any atom is -0.491 e. The molecule has 0 amide bonds. The SMILES string of the molecule is Cc1cc(C)n(C[C@H](O)COc2ccc([N+](=O)[O-])cc2)n1. The van der Waals surface area contributed by atoms with E-state index in [-0.39, 0.29) is 12.3 Å². The van der Waals surface area contributed by atoms with Crippen molar-refractivity contribution in [1.82, 2.24) is 9.78 Å². The first kappa shape index (κ1) is 15.0. The average Bonchev–Trinajstić information content (AvgIpc) is 2.75. The molecule has 1 aromatic heterocycles. The summed E-state index contributed by atoms with van der Waals surface area (Å²) in [6.45, 7) is 4.25. The second-order valence-corrected chi connectivity index (χ2v) is 4.83. The molecular weight excluding hydrogens is 274 g/mol. The number of non-ortho nitro benzene ring substituents is 1. The molecule has 0 unspecified atom stereocenters. The Hall–Kier alpha value is -2.41. The number of aliphatic hydroxyl groups is 1. The Balaban J connectivity index is 1.87. The molecule has 1 heterocycles. The molecule has 0 saturated heterocycles. The molecule has 112 valence electrons. The predicted molar refractivity (Wildman–Crippen MR) is 76.3 cm³/mol. The summed E-state index contributed by atoms with van der Waals surface area (Å²) in [5, 5.41) is 24.7. The summed E-state index contributed by atoms with van der Waals surface area (Å²) in [4.78, 5) is 10.1. The van der Waals surface area contributed by atoms with E-state index in [9.17, 15) is 15.2 Å². The highest BCUT2D eigenvalue weighted by atomic mass is 16.6. The quantitative estimate of drug-likeness (QED) is 0.648. The minimum atomic E-state index is -0.710. The Kier molecular flexibility index (Phi) is 4.54. The highest BCUT2D eigenvalue weighted by Gasteiger charge is 2.10. The van der Waals surface area contributed by atoms with Gasteiger partial charge in [0, 0.05) is 17.8 Å². The van der Waals surface area contributed by atoms with Crippen molar-refractivity contribution in [3.05, 3.63) is 51.8 Å². The van der Waals surface area contributed by atoms with Crippen LogP contribution in [0.5, 0.6) is 5.75 Å². The van der Waals surface area contributed by atoms with Crippen molar-refractivity contribution >= 4 is 5.69 Å². The van der Waals surface area contributed by atoms with Crippen molar-refractivity contribution in [3.8, 4) is 5.75 Å². The molecule has 0 aliphatic heterocycles. The van der Waals surface area contributed by atoms with Crippen molar-refractivity contribution in [1.29, 1.82) is 0 Å². The molecule has 0 bridgehead atoms. The summed E-state index contributed by atoms with van der Waals surface area (Å²) in [6, 6.07) is 7.68. The van der Waals surface area contributed by atoms with Crippen LogP contribution in [0.3, 0.4) is 0 Å². The zero-order valence-corrected chi connectivity index (χ0v) is 11.9. The number of nitrogens with zero attached hydrogens (tertiary/aromatic N) is 3. The van der Waals surface area contributed by atoms with Gasteiger partial charge in [-0.1, -0.05) is 0 Å². The van der Waals surface area contributed by atoms with E-state index in [1.807, 2.05) is 19.9 Å². The molecule has 7 heteroatoms. The second-order valence-electron chi connectivity index (χ2n) is 4.83. The molecule has 21 heavy (non-hydrogen) atoms. The molecule has 0 radical (unpaired) electrons. The van der Waals surface area contributed by atoms with Crippen LogP contribution in [-0.4, -0.2) is 32.5 Å². The smallest absolute Gasteiger partial charge is 0.269 e. The largest absolute Gasteiger partial charge is 0.491 e. The standard InChI is InChI=1S/C14H17N3O4/c1-10-7-11(2)16(15-10)8-13(18)9-21-14-5-3-12(4-6-14)17(19)20/h3-7,13,18H,8-9H2,1-2H3/t13-/m0/s1. The van der Waals surface area contributed by atoms with Crippen LogP contribution in [0.15, 0.2) is 30.3 Å². The number of nitro groups is 1. The molecule has 1 aromatic carbocycles. The lowest BCUT2D eigenvalue weighted by molar-refractivity contribution is -0.384. The number of rotatable bonds is 6. The number of aromatic nitrogens is 2. The summed E-state index contributed by atoms with van der Waals surface area (Å²) < 4.78 is 7.13. The molecule has 2 rings (SSSR count). The highest BCUT2D eigenvalue weighted by molar-refractivity contribution is 5.35. The molecule has 0 spiro atoms. The topological polar surface area (TPSA) is 90.4 Å². The Morgan fingerprint density at radius 1 is 1.38 bits per heavy atom. The van der Waals surface area contributed by atoms with Crippen molar-refractivity contribution in [2.24, 2.45) is 0 Å². The van der Waals surface area contributed by atoms with Crippen LogP contribution in [0.2, 0.25) is 0 Å². The Morgan fingerprint density at radius 2 is 2.05 bits per heavy atom. The number of hydrogen-bond acceptors (Lipinski definition) is 5. The maximum Gasteiger partial charge on any atom is 0.269 e. The van der Waals surface area contributed by atoms with E-state index in [2.05, 4.69) is 5.10 Å². The summed E-state index contributed by atoms with van der Waals surface area (Å²) in [5.41, 5.74) is 1.88. The third kappa shape index (κ3) is 4.03. The highest BCUT2D eigenvalue weighted by Crippen LogP contribution is 2.17. The number of ether oxygens (including phenoxy) is 1. The van der Waals surface area contributed by atoms with Crippen molar-refractivity contribution in [3.63, 3.8) is 0 Å². The minimum absolute atomic E-state index is 0.00513. The van der Waals surface area contributed by atoms with Crippen LogP contribution in [0, 0.1) is 24.0 Å². The molecule has 0 aliphatic carbocycles.